The third-order valence-corrected chi connectivity index (χ3v) is 11.9. The highest BCUT2D eigenvalue weighted by Crippen LogP contribution is 2.34. The van der Waals surface area contributed by atoms with Gasteiger partial charge < -0.3 is 28.6 Å². The van der Waals surface area contributed by atoms with Crippen LogP contribution < -0.4 is 9.47 Å². The van der Waals surface area contributed by atoms with Crippen LogP contribution in [0.5, 0.6) is 11.5 Å². The number of aromatic amines is 2. The van der Waals surface area contributed by atoms with Gasteiger partial charge in [-0.2, -0.15) is 0 Å². The monoisotopic (exact) mass is 850 g/mol. The Labute approximate surface area is 375 Å². The molecule has 10 heteroatoms. The molecular formula is C54H58N8O2. The highest BCUT2D eigenvalue weighted by Gasteiger charge is 2.15. The number of aromatic nitrogens is 8. The van der Waals surface area contributed by atoms with Crippen molar-refractivity contribution < 1.29 is 9.47 Å². The van der Waals surface area contributed by atoms with Gasteiger partial charge in [-0.25, -0.2) is 19.9 Å². The molecule has 5 aromatic heterocycles. The second-order valence-electron chi connectivity index (χ2n) is 16.8. The molecule has 0 fully saturated rings. The van der Waals surface area contributed by atoms with E-state index in [2.05, 4.69) is 126 Å². The van der Waals surface area contributed by atoms with Crippen LogP contribution in [0, 0.1) is 0 Å². The minimum Gasteiger partial charge on any atom is -0.494 e. The molecule has 2 aromatic carbocycles. The lowest BCUT2D eigenvalue weighted by atomic mass is 10.0. The number of benzene rings is 2. The van der Waals surface area contributed by atoms with Gasteiger partial charge in [0.25, 0.3) is 0 Å². The lowest BCUT2D eigenvalue weighted by Gasteiger charge is -2.09. The van der Waals surface area contributed by atoms with E-state index >= 15 is 0 Å². The molecular weight excluding hydrogens is 793 g/mol. The van der Waals surface area contributed by atoms with Gasteiger partial charge in [-0.05, 0) is 122 Å². The number of aryl methyl sites for hydroxylation is 2. The van der Waals surface area contributed by atoms with Gasteiger partial charge in [-0.3, -0.25) is 0 Å². The number of imidazole rings is 2. The number of hydrogen-bond acceptors (Lipinski definition) is 6. The van der Waals surface area contributed by atoms with Crippen molar-refractivity contribution >= 4 is 46.4 Å². The number of ether oxygens (including phenoxy) is 2. The van der Waals surface area contributed by atoms with Gasteiger partial charge >= 0.3 is 0 Å². The second-order valence-corrected chi connectivity index (χ2v) is 16.8. The molecule has 0 atom stereocenters. The largest absolute Gasteiger partial charge is 0.494 e. The van der Waals surface area contributed by atoms with Crippen LogP contribution in [0.3, 0.4) is 0 Å². The first-order valence-electron chi connectivity index (χ1n) is 23.2. The first-order chi connectivity index (χ1) is 31.7. The van der Waals surface area contributed by atoms with Gasteiger partial charge in [-0.1, -0.05) is 75.6 Å². The summed E-state index contributed by atoms with van der Waals surface area (Å²) in [5.41, 5.74) is 11.6. The van der Waals surface area contributed by atoms with E-state index in [0.717, 1.165) is 105 Å². The van der Waals surface area contributed by atoms with Crippen molar-refractivity contribution in [2.24, 2.45) is 0 Å². The van der Waals surface area contributed by atoms with Crippen LogP contribution in [0.25, 0.3) is 68.6 Å². The van der Waals surface area contributed by atoms with E-state index in [1.165, 1.54) is 64.2 Å². The average Bonchev–Trinajstić information content (AvgIpc) is 4.18. The summed E-state index contributed by atoms with van der Waals surface area (Å²) >= 11 is 0. The van der Waals surface area contributed by atoms with Crippen LogP contribution in [0.15, 0.2) is 122 Å². The van der Waals surface area contributed by atoms with Crippen molar-refractivity contribution in [2.75, 3.05) is 13.2 Å². The summed E-state index contributed by atoms with van der Waals surface area (Å²) in [6.45, 7) is 3.49. The minimum absolute atomic E-state index is 0.698. The topological polar surface area (TPSA) is 111 Å². The molecule has 8 bridgehead atoms. The molecule has 0 radical (unpaired) electrons. The van der Waals surface area contributed by atoms with Crippen molar-refractivity contribution in [3.05, 3.63) is 145 Å². The molecule has 326 valence electrons. The Kier molecular flexibility index (Phi) is 14.2. The predicted molar refractivity (Wildman–Crippen MR) is 261 cm³/mol. The molecule has 2 aliphatic heterocycles. The van der Waals surface area contributed by atoms with Crippen LogP contribution >= 0.6 is 0 Å². The number of rotatable bonds is 22. The molecule has 64 heavy (non-hydrogen) atoms. The zero-order valence-corrected chi connectivity index (χ0v) is 36.7. The molecule has 9 rings (SSSR count). The van der Waals surface area contributed by atoms with E-state index in [1.807, 2.05) is 49.6 Å². The first-order valence-corrected chi connectivity index (χ1v) is 23.2. The maximum atomic E-state index is 6.32. The summed E-state index contributed by atoms with van der Waals surface area (Å²) in [6, 6.07) is 29.5. The number of nitrogens with one attached hydrogen (secondary N) is 2. The Balaban J connectivity index is 0.898. The Morgan fingerprint density at radius 2 is 0.906 bits per heavy atom. The molecule has 0 spiro atoms. The normalized spacial score (nSPS) is 12.0. The van der Waals surface area contributed by atoms with Crippen molar-refractivity contribution in [2.45, 2.75) is 90.1 Å². The van der Waals surface area contributed by atoms with E-state index in [1.54, 1.807) is 0 Å². The highest BCUT2D eigenvalue weighted by atomic mass is 16.5. The fraction of sp³-hybridized carbons (Fsp3) is 0.296. The van der Waals surface area contributed by atoms with E-state index in [4.69, 9.17) is 19.4 Å². The minimum atomic E-state index is 0.698. The number of unbranched alkanes of at least 4 members (excludes halogenated alkanes) is 10. The smallest absolute Gasteiger partial charge is 0.119 e. The summed E-state index contributed by atoms with van der Waals surface area (Å²) in [4.78, 5) is 26.0. The van der Waals surface area contributed by atoms with Gasteiger partial charge in [0.2, 0.25) is 0 Å². The third-order valence-electron chi connectivity index (χ3n) is 11.9. The Morgan fingerprint density at radius 3 is 1.36 bits per heavy atom. The Bertz CT molecular complexity index is 2620. The van der Waals surface area contributed by atoms with Gasteiger partial charge in [0.15, 0.2) is 0 Å². The average molecular weight is 851 g/mol. The Morgan fingerprint density at radius 1 is 0.453 bits per heavy atom. The number of hydrogen-bond donors (Lipinski definition) is 2. The number of H-pyrrole nitrogens is 2. The van der Waals surface area contributed by atoms with Crippen molar-refractivity contribution in [3.8, 4) is 33.8 Å². The van der Waals surface area contributed by atoms with E-state index in [9.17, 15) is 0 Å². The van der Waals surface area contributed by atoms with Gasteiger partial charge in [0.05, 0.1) is 48.6 Å². The van der Waals surface area contributed by atoms with Gasteiger partial charge in [-0.15, -0.1) is 0 Å². The maximum absolute atomic E-state index is 6.32. The summed E-state index contributed by atoms with van der Waals surface area (Å²) in [7, 11) is 0. The van der Waals surface area contributed by atoms with Crippen LogP contribution in [0.4, 0.5) is 0 Å². The zero-order chi connectivity index (χ0) is 43.2. The Hall–Kier alpha value is -6.94. The third kappa shape index (κ3) is 11.4. The standard InChI is InChI=1S/C54H58N8O2/c1(5-9-29-61-31-27-55-39-61)3-7-11-33-63-47-17-13-15-41(35-47)53-49-23-19-43(57-49)37-45-21-25-51(59-45)54(52-26-22-46(60-52)38-44-20-24-50(53)58-44)42-16-14-18-48(36-42)64-34-12-8-4-2-6-10-30-62-32-28-56-40-62/h13-28,31-32,35-40,57,60H,1-12,29-30,33-34H2. The van der Waals surface area contributed by atoms with Crippen LogP contribution in [-0.4, -0.2) is 52.3 Å². The molecule has 0 unspecified atom stereocenters. The van der Waals surface area contributed by atoms with Crippen LogP contribution in [0.1, 0.15) is 99.8 Å². The van der Waals surface area contributed by atoms with Crippen LogP contribution in [0.2, 0.25) is 0 Å². The number of nitrogens with zero attached hydrogens (tertiary/aromatic N) is 6. The van der Waals surface area contributed by atoms with Crippen molar-refractivity contribution in [3.63, 3.8) is 0 Å². The number of fused-ring (bicyclic) bond motifs is 8. The molecule has 0 saturated heterocycles. The van der Waals surface area contributed by atoms with Gasteiger partial charge in [0, 0.05) is 71.1 Å². The SMILES string of the molecule is C1=Cc2nc1cc1ccc([nH]1)c(-c1cccc(OCCCCCCCCn3ccnc3)c1)c1nc(cc3ccc([nH]3)c2-c2cccc(OCCCCCCCCn3ccnc3)c2)C=C1. The van der Waals surface area contributed by atoms with Crippen molar-refractivity contribution in [1.82, 2.24) is 39.0 Å². The summed E-state index contributed by atoms with van der Waals surface area (Å²) in [5.74, 6) is 1.73. The molecule has 7 aromatic rings. The second kappa shape index (κ2) is 21.4. The molecule has 2 N–H and O–H groups in total. The fourth-order valence-corrected chi connectivity index (χ4v) is 8.59. The van der Waals surface area contributed by atoms with Crippen LogP contribution in [-0.2, 0) is 13.1 Å². The maximum Gasteiger partial charge on any atom is 0.119 e. The zero-order valence-electron chi connectivity index (χ0n) is 36.7. The van der Waals surface area contributed by atoms with E-state index in [-0.39, 0.29) is 0 Å². The summed E-state index contributed by atoms with van der Waals surface area (Å²) < 4.78 is 16.9. The molecule has 7 heterocycles. The van der Waals surface area contributed by atoms with Gasteiger partial charge in [0.1, 0.15) is 11.5 Å². The summed E-state index contributed by atoms with van der Waals surface area (Å²) in [6.07, 6.45) is 34.2. The lowest BCUT2D eigenvalue weighted by Crippen LogP contribution is -1.98. The summed E-state index contributed by atoms with van der Waals surface area (Å²) in [5, 5.41) is 0. The molecule has 0 saturated carbocycles. The van der Waals surface area contributed by atoms with Crippen molar-refractivity contribution in [1.29, 1.82) is 0 Å². The van der Waals surface area contributed by atoms with E-state index < -0.39 is 0 Å². The lowest BCUT2D eigenvalue weighted by molar-refractivity contribution is 0.304. The predicted octanol–water partition coefficient (Wildman–Crippen LogP) is 13.2. The molecule has 2 aliphatic rings. The molecule has 0 aliphatic carbocycles. The highest BCUT2D eigenvalue weighted by molar-refractivity contribution is 5.93. The molecule has 10 nitrogen and oxygen atoms in total. The molecule has 0 amide bonds. The van der Waals surface area contributed by atoms with E-state index in [0.29, 0.717) is 13.2 Å². The quantitative estimate of drug-likeness (QED) is 0.0657. The first kappa shape index (κ1) is 42.4. The fourth-order valence-electron chi connectivity index (χ4n) is 8.59.